The lowest BCUT2D eigenvalue weighted by Crippen LogP contribution is -2.15. The third-order valence-corrected chi connectivity index (χ3v) is 4.33. The molecule has 0 spiro atoms. The van der Waals surface area contributed by atoms with Gasteiger partial charge in [-0.25, -0.2) is 9.07 Å². The van der Waals surface area contributed by atoms with Crippen LogP contribution in [-0.4, -0.2) is 45.2 Å². The predicted molar refractivity (Wildman–Crippen MR) is 105 cm³/mol. The van der Waals surface area contributed by atoms with Crippen LogP contribution in [0.2, 0.25) is 5.02 Å². The molecule has 0 saturated heterocycles. The van der Waals surface area contributed by atoms with Gasteiger partial charge >= 0.3 is 5.95 Å². The Morgan fingerprint density at radius 3 is 2.61 bits per heavy atom. The highest BCUT2D eigenvalue weighted by atomic mass is 35.5. The molecular formula is C17H13ClFN9O3. The molecule has 0 atom stereocenters. The summed E-state index contributed by atoms with van der Waals surface area (Å²) in [7, 11) is 0. The van der Waals surface area contributed by atoms with E-state index < -0.39 is 16.8 Å². The van der Waals surface area contributed by atoms with Gasteiger partial charge in [0.25, 0.3) is 5.91 Å². The number of carbonyl (C=O) groups excluding carboxylic acids is 1. The first-order valence-corrected chi connectivity index (χ1v) is 9.11. The molecular weight excluding hydrogens is 433 g/mol. The smallest absolute Gasteiger partial charge is 0.390 e. The van der Waals surface area contributed by atoms with Gasteiger partial charge < -0.3 is 15.4 Å². The first-order chi connectivity index (χ1) is 14.9. The Balaban J connectivity index is 1.40. The van der Waals surface area contributed by atoms with Crippen LogP contribution in [0.4, 0.5) is 16.2 Å². The summed E-state index contributed by atoms with van der Waals surface area (Å²) in [5, 5.41) is 25.4. The van der Waals surface area contributed by atoms with Crippen LogP contribution in [0.1, 0.15) is 16.1 Å². The molecule has 12 nitrogen and oxygen atoms in total. The monoisotopic (exact) mass is 445 g/mol. The van der Waals surface area contributed by atoms with Crippen molar-refractivity contribution in [2.75, 3.05) is 5.32 Å². The zero-order valence-corrected chi connectivity index (χ0v) is 16.3. The number of amides is 1. The fraction of sp³-hybridized carbons (Fsp3) is 0.118. The van der Waals surface area contributed by atoms with Gasteiger partial charge in [-0.05, 0) is 28.7 Å². The van der Waals surface area contributed by atoms with E-state index in [0.717, 1.165) is 5.56 Å². The van der Waals surface area contributed by atoms with Crippen LogP contribution in [0.5, 0.6) is 0 Å². The molecule has 0 saturated carbocycles. The number of hydrogen-bond acceptors (Lipinski definition) is 7. The average Bonchev–Trinajstić information content (AvgIpc) is 3.45. The first kappa shape index (κ1) is 20.2. The van der Waals surface area contributed by atoms with Crippen LogP contribution >= 0.6 is 11.6 Å². The van der Waals surface area contributed by atoms with Gasteiger partial charge in [-0.2, -0.15) is 14.9 Å². The van der Waals surface area contributed by atoms with Crippen LogP contribution in [-0.2, 0) is 13.2 Å². The van der Waals surface area contributed by atoms with Crippen LogP contribution in [0.3, 0.4) is 0 Å². The fourth-order valence-electron chi connectivity index (χ4n) is 2.66. The van der Waals surface area contributed by atoms with Crippen molar-refractivity contribution in [1.29, 1.82) is 0 Å². The topological polar surface area (TPSA) is 139 Å². The fourth-order valence-corrected chi connectivity index (χ4v) is 2.86. The highest BCUT2D eigenvalue weighted by Crippen LogP contribution is 2.20. The first-order valence-electron chi connectivity index (χ1n) is 8.73. The zero-order chi connectivity index (χ0) is 22.0. The van der Waals surface area contributed by atoms with E-state index in [9.17, 15) is 19.3 Å². The predicted octanol–water partition coefficient (Wildman–Crippen LogP) is 2.18. The molecule has 14 heteroatoms. The molecule has 1 aromatic carbocycles. The van der Waals surface area contributed by atoms with E-state index in [1.165, 1.54) is 51.0 Å². The highest BCUT2D eigenvalue weighted by Gasteiger charge is 2.17. The molecule has 31 heavy (non-hydrogen) atoms. The molecule has 4 rings (SSSR count). The van der Waals surface area contributed by atoms with Gasteiger partial charge in [-0.3, -0.25) is 9.48 Å². The molecule has 3 heterocycles. The van der Waals surface area contributed by atoms with Crippen molar-refractivity contribution < 1.29 is 14.1 Å². The second-order valence-corrected chi connectivity index (χ2v) is 6.73. The second kappa shape index (κ2) is 8.31. The van der Waals surface area contributed by atoms with Crippen molar-refractivity contribution >= 4 is 29.3 Å². The Bertz CT molecular complexity index is 1250. The molecule has 0 bridgehead atoms. The van der Waals surface area contributed by atoms with Gasteiger partial charge in [0.1, 0.15) is 10.8 Å². The lowest BCUT2D eigenvalue weighted by atomic mass is 10.2. The largest absolute Gasteiger partial charge is 0.491 e. The van der Waals surface area contributed by atoms with E-state index in [4.69, 9.17) is 11.6 Å². The number of carbonyl (C=O) groups is 1. The summed E-state index contributed by atoms with van der Waals surface area (Å²) in [6, 6.07) is 7.40. The lowest BCUT2D eigenvalue weighted by molar-refractivity contribution is -0.394. The van der Waals surface area contributed by atoms with Crippen molar-refractivity contribution in [3.05, 3.63) is 81.3 Å². The van der Waals surface area contributed by atoms with Crippen molar-refractivity contribution in [3.8, 4) is 0 Å². The highest BCUT2D eigenvalue weighted by molar-refractivity contribution is 6.33. The Morgan fingerprint density at radius 1 is 1.13 bits per heavy atom. The number of halogens is 2. The SMILES string of the molecule is O=C(Nc1nn(Cc2ccc(F)cc2)cc1Cl)c1ccn(Cn2cnc([N+](=O)[O-])n2)n1. The van der Waals surface area contributed by atoms with Crippen LogP contribution < -0.4 is 5.32 Å². The van der Waals surface area contributed by atoms with Crippen LogP contribution in [0.15, 0.2) is 49.1 Å². The number of nitrogens with zero attached hydrogens (tertiary/aromatic N) is 8. The average molecular weight is 446 g/mol. The quantitative estimate of drug-likeness (QED) is 0.339. The summed E-state index contributed by atoms with van der Waals surface area (Å²) < 4.78 is 17.1. The summed E-state index contributed by atoms with van der Waals surface area (Å²) >= 11 is 6.15. The Hall–Kier alpha value is -4.13. The number of aromatic nitrogens is 7. The maximum absolute atomic E-state index is 13.0. The minimum Gasteiger partial charge on any atom is -0.390 e. The minimum absolute atomic E-state index is 0.0289. The van der Waals surface area contributed by atoms with Crippen molar-refractivity contribution in [1.82, 2.24) is 34.3 Å². The second-order valence-electron chi connectivity index (χ2n) is 6.33. The standard InChI is InChI=1S/C17H13ClFN9O3/c18-13-8-26(7-11-1-3-12(19)4-2-11)23-15(13)21-16(29)14-5-6-25(22-14)10-27-9-20-17(24-27)28(30)31/h1-6,8-9H,7,10H2,(H,21,23,29). The summed E-state index contributed by atoms with van der Waals surface area (Å²) in [4.78, 5) is 25.9. The Morgan fingerprint density at radius 2 is 1.90 bits per heavy atom. The zero-order valence-electron chi connectivity index (χ0n) is 15.6. The van der Waals surface area contributed by atoms with Gasteiger partial charge in [-0.1, -0.05) is 28.7 Å². The summed E-state index contributed by atoms with van der Waals surface area (Å²) in [5.41, 5.74) is 0.893. The van der Waals surface area contributed by atoms with Gasteiger partial charge in [0.15, 0.2) is 18.2 Å². The molecule has 3 aromatic heterocycles. The molecule has 158 valence electrons. The molecule has 0 fully saturated rings. The van der Waals surface area contributed by atoms with Crippen LogP contribution in [0, 0.1) is 15.9 Å². The Kier molecular flexibility index (Phi) is 5.41. The normalized spacial score (nSPS) is 10.9. The van der Waals surface area contributed by atoms with E-state index in [1.807, 2.05) is 0 Å². The van der Waals surface area contributed by atoms with Gasteiger partial charge in [0.05, 0.1) is 6.54 Å². The molecule has 0 aliphatic carbocycles. The van der Waals surface area contributed by atoms with E-state index in [-0.39, 0.29) is 29.0 Å². The summed E-state index contributed by atoms with van der Waals surface area (Å²) in [5.74, 6) is -1.26. The third-order valence-electron chi connectivity index (χ3n) is 4.06. The molecule has 0 unspecified atom stereocenters. The minimum atomic E-state index is -0.711. The summed E-state index contributed by atoms with van der Waals surface area (Å²) in [6.07, 6.45) is 4.24. The maximum Gasteiger partial charge on any atom is 0.491 e. The van der Waals surface area contributed by atoms with Gasteiger partial charge in [0.2, 0.25) is 6.33 Å². The van der Waals surface area contributed by atoms with E-state index in [1.54, 1.807) is 12.1 Å². The van der Waals surface area contributed by atoms with Crippen LogP contribution in [0.25, 0.3) is 0 Å². The number of rotatable bonds is 7. The van der Waals surface area contributed by atoms with E-state index in [2.05, 4.69) is 25.6 Å². The van der Waals surface area contributed by atoms with E-state index in [0.29, 0.717) is 6.54 Å². The lowest BCUT2D eigenvalue weighted by Gasteiger charge is -2.02. The maximum atomic E-state index is 13.0. The number of benzene rings is 1. The number of anilines is 1. The van der Waals surface area contributed by atoms with Crippen molar-refractivity contribution in [2.24, 2.45) is 0 Å². The van der Waals surface area contributed by atoms with Gasteiger partial charge in [-0.15, -0.1) is 0 Å². The Labute approximate surface area is 178 Å². The number of hydrogen-bond donors (Lipinski definition) is 1. The number of nitro groups is 1. The molecule has 0 aliphatic heterocycles. The summed E-state index contributed by atoms with van der Waals surface area (Å²) in [6.45, 7) is 0.371. The molecule has 4 aromatic rings. The molecule has 1 amide bonds. The third kappa shape index (κ3) is 4.72. The van der Waals surface area contributed by atoms with Gasteiger partial charge in [0, 0.05) is 17.5 Å². The van der Waals surface area contributed by atoms with Crippen molar-refractivity contribution in [3.63, 3.8) is 0 Å². The van der Waals surface area contributed by atoms with E-state index >= 15 is 0 Å². The molecule has 0 radical (unpaired) electrons. The number of nitrogens with one attached hydrogen (secondary N) is 1. The van der Waals surface area contributed by atoms with Crippen molar-refractivity contribution in [2.45, 2.75) is 13.2 Å². The molecule has 1 N–H and O–H groups in total. The molecule has 0 aliphatic rings.